The van der Waals surface area contributed by atoms with Crippen LogP contribution in [0.3, 0.4) is 0 Å². The number of nitrogens with zero attached hydrogens (tertiary/aromatic N) is 4. The lowest BCUT2D eigenvalue weighted by molar-refractivity contribution is 1.18. The van der Waals surface area contributed by atoms with Gasteiger partial charge in [-0.3, -0.25) is 0 Å². The smallest absolute Gasteiger partial charge is 0.160 e. The molecule has 4 nitrogen and oxygen atoms in total. The lowest BCUT2D eigenvalue weighted by atomic mass is 9.99. The highest BCUT2D eigenvalue weighted by atomic mass is 14.9. The first-order valence-electron chi connectivity index (χ1n) is 16.7. The van der Waals surface area contributed by atoms with Crippen LogP contribution in [0.1, 0.15) is 0 Å². The van der Waals surface area contributed by atoms with Gasteiger partial charge in [0.15, 0.2) is 5.82 Å². The molecule has 9 aromatic rings. The monoisotopic (exact) mass is 638 g/mol. The van der Waals surface area contributed by atoms with E-state index in [0.717, 1.165) is 78.1 Å². The normalized spacial score (nSPS) is 11.2. The molecule has 3 heterocycles. The molecule has 0 fully saturated rings. The van der Waals surface area contributed by atoms with E-state index in [1.54, 1.807) is 0 Å². The molecular weight excluding hydrogens is 609 g/mol. The Morgan fingerprint density at radius 2 is 0.800 bits per heavy atom. The van der Waals surface area contributed by atoms with Crippen LogP contribution in [-0.4, -0.2) is 19.9 Å². The van der Waals surface area contributed by atoms with Crippen molar-refractivity contribution in [3.8, 4) is 67.7 Å². The zero-order valence-electron chi connectivity index (χ0n) is 27.1. The highest BCUT2D eigenvalue weighted by Crippen LogP contribution is 2.34. The quantitative estimate of drug-likeness (QED) is 0.170. The summed E-state index contributed by atoms with van der Waals surface area (Å²) in [6.45, 7) is 0. The molecule has 0 aliphatic carbocycles. The Morgan fingerprint density at radius 3 is 1.58 bits per heavy atom. The molecule has 6 aromatic carbocycles. The molecule has 0 aliphatic rings. The molecule has 0 amide bonds. The van der Waals surface area contributed by atoms with Crippen LogP contribution in [0.25, 0.3) is 89.4 Å². The van der Waals surface area contributed by atoms with E-state index in [4.69, 9.17) is 19.9 Å². The fourth-order valence-corrected chi connectivity index (χ4v) is 6.59. The van der Waals surface area contributed by atoms with Gasteiger partial charge in [-0.2, -0.15) is 0 Å². The molecule has 0 saturated heterocycles. The zero-order valence-corrected chi connectivity index (χ0v) is 27.1. The highest BCUT2D eigenvalue weighted by molar-refractivity contribution is 6.10. The third-order valence-electron chi connectivity index (χ3n) is 9.10. The third-order valence-corrected chi connectivity index (χ3v) is 9.10. The summed E-state index contributed by atoms with van der Waals surface area (Å²) in [6, 6.07) is 62.6. The van der Waals surface area contributed by atoms with Gasteiger partial charge in [-0.15, -0.1) is 0 Å². The fourth-order valence-electron chi connectivity index (χ4n) is 6.59. The number of fused-ring (bicyclic) bond motifs is 3. The molecule has 4 heteroatoms. The highest BCUT2D eigenvalue weighted by Gasteiger charge is 2.14. The van der Waals surface area contributed by atoms with Crippen molar-refractivity contribution in [1.29, 1.82) is 0 Å². The second-order valence-corrected chi connectivity index (χ2v) is 12.3. The van der Waals surface area contributed by atoms with E-state index in [1.165, 1.54) is 5.39 Å². The molecule has 0 aliphatic heterocycles. The Labute approximate surface area is 290 Å². The van der Waals surface area contributed by atoms with Gasteiger partial charge in [0.2, 0.25) is 0 Å². The SMILES string of the molecule is c1ccc(-c2cc(-c3cccc(-c4ccc(-c5cccc(-c6nc7ccccc7c7ccccc67)n5)cc4)c3)nc(-c3ccccc3)n2)cc1. The predicted molar refractivity (Wildman–Crippen MR) is 205 cm³/mol. The maximum absolute atomic E-state index is 5.12. The third kappa shape index (κ3) is 5.59. The fraction of sp³-hybridized carbons (Fsp3) is 0. The lowest BCUT2D eigenvalue weighted by Gasteiger charge is -2.11. The lowest BCUT2D eigenvalue weighted by Crippen LogP contribution is -1.96. The van der Waals surface area contributed by atoms with Gasteiger partial charge >= 0.3 is 0 Å². The molecule has 0 N–H and O–H groups in total. The van der Waals surface area contributed by atoms with Crippen LogP contribution in [0.15, 0.2) is 182 Å². The average molecular weight is 639 g/mol. The van der Waals surface area contributed by atoms with Gasteiger partial charge in [-0.25, -0.2) is 19.9 Å². The van der Waals surface area contributed by atoms with E-state index in [0.29, 0.717) is 5.82 Å². The summed E-state index contributed by atoms with van der Waals surface area (Å²) in [5, 5.41) is 3.43. The molecule has 9 rings (SSSR count). The van der Waals surface area contributed by atoms with Gasteiger partial charge < -0.3 is 0 Å². The van der Waals surface area contributed by atoms with Crippen LogP contribution in [0, 0.1) is 0 Å². The van der Waals surface area contributed by atoms with Gasteiger partial charge in [-0.1, -0.05) is 152 Å². The largest absolute Gasteiger partial charge is 0.246 e. The van der Waals surface area contributed by atoms with E-state index >= 15 is 0 Å². The Balaban J connectivity index is 1.06. The van der Waals surface area contributed by atoms with Crippen molar-refractivity contribution in [2.24, 2.45) is 0 Å². The van der Waals surface area contributed by atoms with Crippen LogP contribution >= 0.6 is 0 Å². The molecule has 0 unspecified atom stereocenters. The second kappa shape index (κ2) is 12.7. The summed E-state index contributed by atoms with van der Waals surface area (Å²) < 4.78 is 0. The standard InChI is InChI=1S/C46H30N4/c1-3-13-32(14-4-1)43-30-44(50-46(49-43)34-15-5-2-6-16-34)36-18-11-17-35(29-36)31-25-27-33(28-26-31)40-23-12-24-42(47-40)45-39-21-8-7-19-37(39)38-20-9-10-22-41(38)48-45/h1-30H. The van der Waals surface area contributed by atoms with Crippen molar-refractivity contribution >= 4 is 21.7 Å². The number of para-hydroxylation sites is 1. The summed E-state index contributed by atoms with van der Waals surface area (Å²) in [5.41, 5.74) is 11.8. The van der Waals surface area contributed by atoms with E-state index in [9.17, 15) is 0 Å². The molecule has 0 spiro atoms. The first kappa shape index (κ1) is 29.4. The van der Waals surface area contributed by atoms with Gasteiger partial charge in [0.25, 0.3) is 0 Å². The van der Waals surface area contributed by atoms with Crippen LogP contribution in [0.4, 0.5) is 0 Å². The molecule has 0 radical (unpaired) electrons. The van der Waals surface area contributed by atoms with Crippen molar-refractivity contribution in [1.82, 2.24) is 19.9 Å². The molecular formula is C46H30N4. The number of hydrogen-bond acceptors (Lipinski definition) is 4. The zero-order chi connectivity index (χ0) is 33.3. The van der Waals surface area contributed by atoms with Crippen molar-refractivity contribution < 1.29 is 0 Å². The van der Waals surface area contributed by atoms with Gasteiger partial charge in [0.05, 0.1) is 34.0 Å². The maximum Gasteiger partial charge on any atom is 0.160 e. The summed E-state index contributed by atoms with van der Waals surface area (Å²) in [4.78, 5) is 20.2. The van der Waals surface area contributed by atoms with Crippen molar-refractivity contribution in [2.75, 3.05) is 0 Å². The summed E-state index contributed by atoms with van der Waals surface area (Å²) in [7, 11) is 0. The molecule has 50 heavy (non-hydrogen) atoms. The van der Waals surface area contributed by atoms with E-state index in [1.807, 2.05) is 48.5 Å². The van der Waals surface area contributed by atoms with Crippen LogP contribution in [-0.2, 0) is 0 Å². The number of benzene rings is 6. The summed E-state index contributed by atoms with van der Waals surface area (Å²) in [5.74, 6) is 0.707. The first-order valence-corrected chi connectivity index (χ1v) is 16.7. The van der Waals surface area contributed by atoms with Gasteiger partial charge in [0.1, 0.15) is 0 Å². The van der Waals surface area contributed by atoms with Crippen LogP contribution < -0.4 is 0 Å². The van der Waals surface area contributed by atoms with E-state index in [2.05, 4.69) is 133 Å². The Bertz CT molecular complexity index is 2580. The number of pyridine rings is 2. The number of hydrogen-bond donors (Lipinski definition) is 0. The van der Waals surface area contributed by atoms with Gasteiger partial charge in [-0.05, 0) is 46.8 Å². The van der Waals surface area contributed by atoms with E-state index in [-0.39, 0.29) is 0 Å². The Morgan fingerprint density at radius 1 is 0.260 bits per heavy atom. The van der Waals surface area contributed by atoms with E-state index < -0.39 is 0 Å². The topological polar surface area (TPSA) is 51.6 Å². The van der Waals surface area contributed by atoms with Crippen molar-refractivity contribution in [3.63, 3.8) is 0 Å². The second-order valence-electron chi connectivity index (χ2n) is 12.3. The minimum Gasteiger partial charge on any atom is -0.246 e. The first-order chi connectivity index (χ1) is 24.8. The molecule has 234 valence electrons. The molecule has 3 aromatic heterocycles. The average Bonchev–Trinajstić information content (AvgIpc) is 3.21. The van der Waals surface area contributed by atoms with Gasteiger partial charge in [0, 0.05) is 33.0 Å². The summed E-state index contributed by atoms with van der Waals surface area (Å²) in [6.07, 6.45) is 0. The minimum absolute atomic E-state index is 0.707. The Hall–Kier alpha value is -6.78. The van der Waals surface area contributed by atoms with Crippen LogP contribution in [0.5, 0.6) is 0 Å². The molecule has 0 atom stereocenters. The number of aromatic nitrogens is 4. The molecule has 0 bridgehead atoms. The summed E-state index contributed by atoms with van der Waals surface area (Å²) >= 11 is 0. The Kier molecular flexibility index (Phi) is 7.45. The maximum atomic E-state index is 5.12. The van der Waals surface area contributed by atoms with Crippen LogP contribution in [0.2, 0.25) is 0 Å². The minimum atomic E-state index is 0.707. The predicted octanol–water partition coefficient (Wildman–Crippen LogP) is 11.6. The molecule has 0 saturated carbocycles. The van der Waals surface area contributed by atoms with Crippen molar-refractivity contribution in [3.05, 3.63) is 182 Å². The van der Waals surface area contributed by atoms with Crippen molar-refractivity contribution in [2.45, 2.75) is 0 Å². The number of rotatable bonds is 6.